The maximum absolute atomic E-state index is 12.2. The van der Waals surface area contributed by atoms with Gasteiger partial charge in [-0.15, -0.1) is 23.0 Å². The fourth-order valence-electron chi connectivity index (χ4n) is 1.91. The van der Waals surface area contributed by atoms with Gasteiger partial charge < -0.3 is 10.1 Å². The summed E-state index contributed by atoms with van der Waals surface area (Å²) in [7, 11) is 0. The lowest BCUT2D eigenvalue weighted by atomic mass is 10.2. The standard InChI is InChI=1S/C15H13N5O3S/c1-2-7-16-15-17-12(8-24-15)14(22)23-9-20-13(21)10-5-3-4-6-11(10)18-19-20/h2-6,8H,1,7,9H2,(H,16,17). The van der Waals surface area contributed by atoms with E-state index in [-0.39, 0.29) is 18.0 Å². The molecule has 0 saturated carbocycles. The summed E-state index contributed by atoms with van der Waals surface area (Å²) in [6.45, 7) is 3.80. The quantitative estimate of drug-likeness (QED) is 0.537. The topological polar surface area (TPSA) is 99.0 Å². The van der Waals surface area contributed by atoms with Crippen LogP contribution in [0.4, 0.5) is 5.13 Å². The van der Waals surface area contributed by atoms with Crippen molar-refractivity contribution in [1.82, 2.24) is 20.0 Å². The maximum Gasteiger partial charge on any atom is 0.359 e. The Morgan fingerprint density at radius 3 is 3.08 bits per heavy atom. The van der Waals surface area contributed by atoms with Crippen LogP contribution in [-0.2, 0) is 11.5 Å². The van der Waals surface area contributed by atoms with Crippen LogP contribution in [0.3, 0.4) is 0 Å². The highest BCUT2D eigenvalue weighted by Crippen LogP contribution is 2.15. The largest absolute Gasteiger partial charge is 0.437 e. The van der Waals surface area contributed by atoms with Gasteiger partial charge in [0, 0.05) is 11.9 Å². The van der Waals surface area contributed by atoms with Gasteiger partial charge in [-0.05, 0) is 12.1 Å². The molecule has 0 radical (unpaired) electrons. The molecular weight excluding hydrogens is 330 g/mol. The number of benzene rings is 1. The summed E-state index contributed by atoms with van der Waals surface area (Å²) in [5.41, 5.74) is 0.274. The molecule has 24 heavy (non-hydrogen) atoms. The number of aromatic nitrogens is 4. The number of thiazole rings is 1. The Morgan fingerprint density at radius 1 is 1.42 bits per heavy atom. The third-order valence-electron chi connectivity index (χ3n) is 3.06. The van der Waals surface area contributed by atoms with Crippen molar-refractivity contribution in [2.45, 2.75) is 6.73 Å². The van der Waals surface area contributed by atoms with Gasteiger partial charge in [0.1, 0.15) is 5.52 Å². The van der Waals surface area contributed by atoms with Crippen molar-refractivity contribution >= 4 is 33.3 Å². The molecular formula is C15H13N5O3S. The van der Waals surface area contributed by atoms with E-state index in [2.05, 4.69) is 27.2 Å². The van der Waals surface area contributed by atoms with Crippen LogP contribution in [0.25, 0.3) is 10.9 Å². The summed E-state index contributed by atoms with van der Waals surface area (Å²) >= 11 is 1.28. The van der Waals surface area contributed by atoms with E-state index < -0.39 is 5.97 Å². The van der Waals surface area contributed by atoms with Crippen LogP contribution in [0, 0.1) is 0 Å². The molecule has 0 fully saturated rings. The monoisotopic (exact) mass is 343 g/mol. The first kappa shape index (κ1) is 15.8. The number of ether oxygens (including phenoxy) is 1. The highest BCUT2D eigenvalue weighted by Gasteiger charge is 2.13. The van der Waals surface area contributed by atoms with Gasteiger partial charge >= 0.3 is 5.97 Å². The van der Waals surface area contributed by atoms with E-state index in [1.807, 2.05) is 0 Å². The smallest absolute Gasteiger partial charge is 0.359 e. The van der Waals surface area contributed by atoms with Crippen molar-refractivity contribution in [3.05, 3.63) is 58.3 Å². The minimum absolute atomic E-state index is 0.161. The van der Waals surface area contributed by atoms with E-state index in [0.717, 1.165) is 4.68 Å². The predicted octanol–water partition coefficient (Wildman–Crippen LogP) is 1.66. The molecule has 2 aromatic heterocycles. The molecule has 0 bridgehead atoms. The second-order valence-corrected chi connectivity index (χ2v) is 5.54. The van der Waals surface area contributed by atoms with Gasteiger partial charge in [-0.1, -0.05) is 23.4 Å². The predicted molar refractivity (Wildman–Crippen MR) is 90.0 cm³/mol. The van der Waals surface area contributed by atoms with E-state index in [0.29, 0.717) is 22.6 Å². The lowest BCUT2D eigenvalue weighted by molar-refractivity contribution is 0.0330. The molecule has 0 saturated heterocycles. The van der Waals surface area contributed by atoms with Crippen LogP contribution in [-0.4, -0.2) is 32.5 Å². The second kappa shape index (κ2) is 7.01. The molecule has 3 rings (SSSR count). The highest BCUT2D eigenvalue weighted by atomic mass is 32.1. The maximum atomic E-state index is 12.2. The van der Waals surface area contributed by atoms with Crippen LogP contribution < -0.4 is 10.9 Å². The molecule has 0 atom stereocenters. The Hall–Kier alpha value is -3.07. The Labute approximate surface area is 140 Å². The molecule has 0 aliphatic carbocycles. The van der Waals surface area contributed by atoms with Crippen LogP contribution in [0.1, 0.15) is 10.5 Å². The summed E-state index contributed by atoms with van der Waals surface area (Å²) in [6.07, 6.45) is 1.68. The van der Waals surface area contributed by atoms with Gasteiger partial charge in [0.05, 0.1) is 5.39 Å². The third-order valence-corrected chi connectivity index (χ3v) is 3.86. The minimum Gasteiger partial charge on any atom is -0.437 e. The molecule has 9 heteroatoms. The molecule has 3 aromatic rings. The zero-order chi connectivity index (χ0) is 16.9. The number of carbonyl (C=O) groups excluding carboxylic acids is 1. The lowest BCUT2D eigenvalue weighted by Gasteiger charge is -2.05. The van der Waals surface area contributed by atoms with Crippen molar-refractivity contribution in [3.8, 4) is 0 Å². The van der Waals surface area contributed by atoms with E-state index in [9.17, 15) is 9.59 Å². The molecule has 1 aromatic carbocycles. The SMILES string of the molecule is C=CCNc1nc(C(=O)OCn2nnc3ccccc3c2=O)cs1. The van der Waals surface area contributed by atoms with E-state index in [1.165, 1.54) is 11.3 Å². The third kappa shape index (κ3) is 3.30. The Morgan fingerprint density at radius 2 is 2.25 bits per heavy atom. The Balaban J connectivity index is 1.70. The second-order valence-electron chi connectivity index (χ2n) is 4.68. The van der Waals surface area contributed by atoms with Gasteiger partial charge in [0.2, 0.25) is 0 Å². The van der Waals surface area contributed by atoms with E-state index in [1.54, 1.807) is 35.7 Å². The molecule has 0 spiro atoms. The molecule has 1 N–H and O–H groups in total. The molecule has 8 nitrogen and oxygen atoms in total. The number of nitrogens with one attached hydrogen (secondary N) is 1. The van der Waals surface area contributed by atoms with Crippen molar-refractivity contribution in [3.63, 3.8) is 0 Å². The van der Waals surface area contributed by atoms with Crippen molar-refractivity contribution in [2.24, 2.45) is 0 Å². The Bertz CT molecular complexity index is 949. The van der Waals surface area contributed by atoms with Gasteiger partial charge in [-0.2, -0.15) is 4.68 Å². The highest BCUT2D eigenvalue weighted by molar-refractivity contribution is 7.13. The first-order valence-electron chi connectivity index (χ1n) is 6.99. The van der Waals surface area contributed by atoms with E-state index >= 15 is 0 Å². The van der Waals surface area contributed by atoms with Gasteiger partial charge in [-0.3, -0.25) is 4.79 Å². The number of anilines is 1. The number of nitrogens with zero attached hydrogens (tertiary/aromatic N) is 4. The average molecular weight is 343 g/mol. The summed E-state index contributed by atoms with van der Waals surface area (Å²) in [5, 5.41) is 13.2. The minimum atomic E-state index is -0.639. The van der Waals surface area contributed by atoms with Crippen molar-refractivity contribution < 1.29 is 9.53 Å². The number of hydrogen-bond acceptors (Lipinski definition) is 8. The number of carbonyl (C=O) groups is 1. The van der Waals surface area contributed by atoms with Crippen LogP contribution in [0.2, 0.25) is 0 Å². The van der Waals surface area contributed by atoms with Crippen molar-refractivity contribution in [1.29, 1.82) is 0 Å². The summed E-state index contributed by atoms with van der Waals surface area (Å²) in [4.78, 5) is 28.3. The number of esters is 1. The molecule has 122 valence electrons. The molecule has 0 amide bonds. The first-order chi connectivity index (χ1) is 11.7. The summed E-state index contributed by atoms with van der Waals surface area (Å²) in [5.74, 6) is -0.639. The number of hydrogen-bond donors (Lipinski definition) is 1. The lowest BCUT2D eigenvalue weighted by Crippen LogP contribution is -2.26. The van der Waals surface area contributed by atoms with Crippen molar-refractivity contribution in [2.75, 3.05) is 11.9 Å². The van der Waals surface area contributed by atoms with Gasteiger partial charge in [-0.25, -0.2) is 9.78 Å². The van der Waals surface area contributed by atoms with Crippen LogP contribution >= 0.6 is 11.3 Å². The van der Waals surface area contributed by atoms with Crippen LogP contribution in [0.5, 0.6) is 0 Å². The number of fused-ring (bicyclic) bond motifs is 1. The molecule has 2 heterocycles. The van der Waals surface area contributed by atoms with E-state index in [4.69, 9.17) is 4.74 Å². The average Bonchev–Trinajstić information content (AvgIpc) is 3.08. The van der Waals surface area contributed by atoms with Gasteiger partial charge in [0.15, 0.2) is 17.6 Å². The fourth-order valence-corrected chi connectivity index (χ4v) is 2.60. The van der Waals surface area contributed by atoms with Gasteiger partial charge in [0.25, 0.3) is 5.56 Å². The number of rotatable bonds is 6. The first-order valence-corrected chi connectivity index (χ1v) is 7.87. The van der Waals surface area contributed by atoms with Crippen LogP contribution in [0.15, 0.2) is 47.1 Å². The summed E-state index contributed by atoms with van der Waals surface area (Å²) < 4.78 is 6.07. The summed E-state index contributed by atoms with van der Waals surface area (Å²) in [6, 6.07) is 6.83. The molecule has 0 unspecified atom stereocenters. The molecule has 0 aliphatic heterocycles. The zero-order valence-corrected chi connectivity index (χ0v) is 13.3. The zero-order valence-electron chi connectivity index (χ0n) is 12.5. The molecule has 0 aliphatic rings. The Kier molecular flexibility index (Phi) is 4.62. The normalized spacial score (nSPS) is 10.5. The fraction of sp³-hybridized carbons (Fsp3) is 0.133.